The number of hydrogen-bond donors (Lipinski definition) is 3. The molecule has 0 radical (unpaired) electrons. The monoisotopic (exact) mass is 481 g/mol. The minimum Gasteiger partial charge on any atom is -0.504 e. The molecule has 4 atom stereocenters. The second kappa shape index (κ2) is 10.5. The summed E-state index contributed by atoms with van der Waals surface area (Å²) in [5.41, 5.74) is 0.325. The van der Waals surface area contributed by atoms with Crippen LogP contribution in [-0.4, -0.2) is 64.5 Å². The van der Waals surface area contributed by atoms with E-state index in [1.165, 1.54) is 31.4 Å². The van der Waals surface area contributed by atoms with E-state index in [2.05, 4.69) is 0 Å². The van der Waals surface area contributed by atoms with Crippen molar-refractivity contribution < 1.29 is 44.0 Å². The Kier molecular flexibility index (Phi) is 7.71. The lowest BCUT2D eigenvalue weighted by Crippen LogP contribution is -2.36. The summed E-state index contributed by atoms with van der Waals surface area (Å²) in [4.78, 5) is 22.2. The van der Waals surface area contributed by atoms with Crippen LogP contribution in [0, 0.1) is 10.1 Å². The fourth-order valence-electron chi connectivity index (χ4n) is 2.95. The number of phenols is 1. The lowest BCUT2D eigenvalue weighted by atomic mass is 10.1. The zero-order chi connectivity index (χ0) is 24.1. The third-order valence-electron chi connectivity index (χ3n) is 4.69. The van der Waals surface area contributed by atoms with Crippen molar-refractivity contribution in [3.8, 4) is 17.2 Å². The van der Waals surface area contributed by atoms with Gasteiger partial charge >= 0.3 is 5.97 Å². The molecule has 3 rings (SSSR count). The van der Waals surface area contributed by atoms with Crippen molar-refractivity contribution in [2.75, 3.05) is 13.7 Å². The number of benzene rings is 2. The number of aliphatic hydroxyl groups is 2. The Hall–Kier alpha value is -3.38. The lowest BCUT2D eigenvalue weighted by molar-refractivity contribution is -0.384. The first-order valence-corrected chi connectivity index (χ1v) is 9.91. The van der Waals surface area contributed by atoms with Crippen LogP contribution < -0.4 is 9.47 Å². The average Bonchev–Trinajstić information content (AvgIpc) is 3.06. The molecule has 0 amide bonds. The average molecular weight is 482 g/mol. The number of hydrogen-bond acceptors (Lipinski definition) is 10. The van der Waals surface area contributed by atoms with Gasteiger partial charge in [-0.3, -0.25) is 10.1 Å². The topological polar surface area (TPSA) is 158 Å². The van der Waals surface area contributed by atoms with Crippen molar-refractivity contribution in [1.82, 2.24) is 0 Å². The Morgan fingerprint density at radius 1 is 1.21 bits per heavy atom. The maximum atomic E-state index is 12.0. The molecule has 1 aliphatic heterocycles. The number of esters is 1. The number of nitro groups is 1. The number of aliphatic hydroxyl groups excluding tert-OH is 2. The molecule has 1 aliphatic rings. The number of methoxy groups -OCH3 is 1. The molecule has 33 heavy (non-hydrogen) atoms. The summed E-state index contributed by atoms with van der Waals surface area (Å²) in [6, 6.07) is 7.96. The maximum absolute atomic E-state index is 12.0. The van der Waals surface area contributed by atoms with Gasteiger partial charge in [-0.15, -0.1) is 0 Å². The number of halogens is 1. The van der Waals surface area contributed by atoms with E-state index in [-0.39, 0.29) is 34.6 Å². The summed E-state index contributed by atoms with van der Waals surface area (Å²) < 4.78 is 20.9. The van der Waals surface area contributed by atoms with Gasteiger partial charge in [0.25, 0.3) is 5.69 Å². The molecule has 0 spiro atoms. The predicted molar refractivity (Wildman–Crippen MR) is 114 cm³/mol. The van der Waals surface area contributed by atoms with Crippen LogP contribution in [0.2, 0.25) is 5.02 Å². The number of carbonyl (C=O) groups is 1. The number of carbonyl (C=O) groups excluding carboxylic acids is 1. The van der Waals surface area contributed by atoms with E-state index in [9.17, 15) is 30.2 Å². The second-order valence-corrected chi connectivity index (χ2v) is 7.32. The Labute approximate surface area is 192 Å². The molecular weight excluding hydrogens is 462 g/mol. The van der Waals surface area contributed by atoms with Crippen LogP contribution in [-0.2, 0) is 14.3 Å². The molecule has 1 saturated heterocycles. The van der Waals surface area contributed by atoms with E-state index < -0.39 is 35.5 Å². The van der Waals surface area contributed by atoms with Gasteiger partial charge in [-0.25, -0.2) is 4.79 Å². The van der Waals surface area contributed by atoms with Crippen molar-refractivity contribution in [1.29, 1.82) is 0 Å². The second-order valence-electron chi connectivity index (χ2n) is 6.91. The normalized spacial score (nSPS) is 22.3. The first-order valence-electron chi connectivity index (χ1n) is 9.53. The number of aromatic hydroxyl groups is 1. The van der Waals surface area contributed by atoms with E-state index in [4.69, 9.17) is 30.5 Å². The van der Waals surface area contributed by atoms with Crippen molar-refractivity contribution in [3.05, 3.63) is 63.2 Å². The Morgan fingerprint density at radius 3 is 2.64 bits per heavy atom. The number of rotatable bonds is 8. The highest BCUT2D eigenvalue weighted by Crippen LogP contribution is 2.32. The molecule has 0 unspecified atom stereocenters. The van der Waals surface area contributed by atoms with E-state index in [0.29, 0.717) is 5.56 Å². The molecular formula is C21H20ClNO10. The fraction of sp³-hybridized carbons (Fsp3) is 0.286. The third kappa shape index (κ3) is 5.90. The third-order valence-corrected chi connectivity index (χ3v) is 4.99. The van der Waals surface area contributed by atoms with E-state index in [1.807, 2.05) is 0 Å². The van der Waals surface area contributed by atoms with Gasteiger partial charge in [0.05, 0.1) is 17.1 Å². The minimum atomic E-state index is -1.49. The van der Waals surface area contributed by atoms with Crippen molar-refractivity contribution in [2.24, 2.45) is 0 Å². The van der Waals surface area contributed by atoms with Gasteiger partial charge in [-0.2, -0.15) is 0 Å². The first-order chi connectivity index (χ1) is 15.7. The molecule has 3 N–H and O–H groups in total. The lowest BCUT2D eigenvalue weighted by Gasteiger charge is -2.17. The van der Waals surface area contributed by atoms with E-state index in [1.54, 1.807) is 6.07 Å². The van der Waals surface area contributed by atoms with Gasteiger partial charge in [0.2, 0.25) is 6.29 Å². The first kappa shape index (κ1) is 24.3. The van der Waals surface area contributed by atoms with Crippen molar-refractivity contribution in [2.45, 2.75) is 24.6 Å². The summed E-state index contributed by atoms with van der Waals surface area (Å²) in [6.45, 7) is -0.381. The fourth-order valence-corrected chi connectivity index (χ4v) is 3.17. The van der Waals surface area contributed by atoms with Crippen LogP contribution in [0.4, 0.5) is 5.69 Å². The van der Waals surface area contributed by atoms with Crippen molar-refractivity contribution in [3.63, 3.8) is 0 Å². The van der Waals surface area contributed by atoms with Crippen LogP contribution in [0.25, 0.3) is 6.08 Å². The Balaban J connectivity index is 1.56. The highest BCUT2D eigenvalue weighted by molar-refractivity contribution is 6.32. The number of nitro benzene ring substituents is 1. The number of ether oxygens (including phenoxy) is 4. The van der Waals surface area contributed by atoms with Crippen LogP contribution in [0.15, 0.2) is 42.5 Å². The quantitative estimate of drug-likeness (QED) is 0.220. The standard InChI is InChI=1S/C21H20ClNO10/c1-30-16-8-11(2-5-14(16)24)3-7-18(25)31-10-17-19(26)20(27)21(33-17)32-15-6-4-12(23(28)29)9-13(15)22/h2-9,17,19-21,24,26-27H,10H2,1H3/b7-3+/t17-,19-,20+,21+/m0/s1. The van der Waals surface area contributed by atoms with Gasteiger partial charge in [0.15, 0.2) is 11.5 Å². The molecule has 12 heteroatoms. The largest absolute Gasteiger partial charge is 0.504 e. The zero-order valence-corrected chi connectivity index (χ0v) is 17.9. The summed E-state index contributed by atoms with van der Waals surface area (Å²) in [7, 11) is 1.39. The highest BCUT2D eigenvalue weighted by Gasteiger charge is 2.45. The molecule has 0 aliphatic carbocycles. The van der Waals surface area contributed by atoms with E-state index in [0.717, 1.165) is 18.2 Å². The SMILES string of the molecule is COc1cc(/C=C/C(=O)OC[C@@H]2O[C@@H](Oc3ccc([N+](=O)[O-])cc3Cl)[C@H](O)[C@H]2O)ccc1O. The molecule has 2 aromatic rings. The maximum Gasteiger partial charge on any atom is 0.330 e. The van der Waals surface area contributed by atoms with Gasteiger partial charge in [-0.05, 0) is 29.8 Å². The van der Waals surface area contributed by atoms with Crippen LogP contribution >= 0.6 is 11.6 Å². The van der Waals surface area contributed by atoms with Gasteiger partial charge in [-0.1, -0.05) is 17.7 Å². The number of nitrogens with zero attached hydrogens (tertiary/aromatic N) is 1. The minimum absolute atomic E-state index is 0.00317. The number of phenolic OH excluding ortho intramolecular Hbond substituents is 1. The van der Waals surface area contributed by atoms with Crippen LogP contribution in [0.5, 0.6) is 17.2 Å². The highest BCUT2D eigenvalue weighted by atomic mass is 35.5. The number of non-ortho nitro benzene ring substituents is 1. The molecule has 0 bridgehead atoms. The Bertz CT molecular complexity index is 1060. The molecule has 11 nitrogen and oxygen atoms in total. The van der Waals surface area contributed by atoms with Gasteiger partial charge in [0.1, 0.15) is 30.7 Å². The molecule has 1 fully saturated rings. The molecule has 2 aromatic carbocycles. The smallest absolute Gasteiger partial charge is 0.330 e. The zero-order valence-electron chi connectivity index (χ0n) is 17.2. The molecule has 176 valence electrons. The molecule has 0 aromatic heterocycles. The predicted octanol–water partition coefficient (Wildman–Crippen LogP) is 2.04. The van der Waals surface area contributed by atoms with Crippen molar-refractivity contribution >= 4 is 29.3 Å². The summed E-state index contributed by atoms with van der Waals surface area (Å²) >= 11 is 5.96. The summed E-state index contributed by atoms with van der Waals surface area (Å²) in [5, 5.41) is 40.6. The van der Waals surface area contributed by atoms with Gasteiger partial charge < -0.3 is 34.3 Å². The van der Waals surface area contributed by atoms with Crippen LogP contribution in [0.3, 0.4) is 0 Å². The van der Waals surface area contributed by atoms with E-state index >= 15 is 0 Å². The van der Waals surface area contributed by atoms with Gasteiger partial charge in [0, 0.05) is 18.2 Å². The van der Waals surface area contributed by atoms with Crippen LogP contribution in [0.1, 0.15) is 5.56 Å². The summed E-state index contributed by atoms with van der Waals surface area (Å²) in [5.74, 6) is -0.547. The Morgan fingerprint density at radius 2 is 1.97 bits per heavy atom. The molecule has 1 heterocycles. The molecule has 0 saturated carbocycles. The summed E-state index contributed by atoms with van der Waals surface area (Å²) in [6.07, 6.45) is -2.78.